The highest BCUT2D eigenvalue weighted by atomic mass is 79.9. The van der Waals surface area contributed by atoms with Crippen molar-refractivity contribution in [2.24, 2.45) is 0 Å². The summed E-state index contributed by atoms with van der Waals surface area (Å²) in [6.45, 7) is 2.05. The van der Waals surface area contributed by atoms with E-state index in [0.717, 1.165) is 29.6 Å². The van der Waals surface area contributed by atoms with Gasteiger partial charge in [0.05, 0.1) is 4.47 Å². The number of nitrogens with one attached hydrogen (secondary N) is 2. The van der Waals surface area contributed by atoms with Gasteiger partial charge in [0.15, 0.2) is 5.65 Å². The number of rotatable bonds is 2. The SMILES string of the molecule is Brc1cccn2nc(NC3CCNC3)nc12. The lowest BCUT2D eigenvalue weighted by molar-refractivity contribution is 0.778. The van der Waals surface area contributed by atoms with Gasteiger partial charge >= 0.3 is 0 Å². The summed E-state index contributed by atoms with van der Waals surface area (Å²) < 4.78 is 2.73. The topological polar surface area (TPSA) is 54.2 Å². The zero-order chi connectivity index (χ0) is 11.0. The summed E-state index contributed by atoms with van der Waals surface area (Å²) in [5, 5.41) is 11.0. The van der Waals surface area contributed by atoms with E-state index in [4.69, 9.17) is 0 Å². The molecule has 1 saturated heterocycles. The fraction of sp³-hybridized carbons (Fsp3) is 0.400. The van der Waals surface area contributed by atoms with Gasteiger partial charge in [0.2, 0.25) is 5.95 Å². The Hall–Kier alpha value is -1.14. The van der Waals surface area contributed by atoms with Gasteiger partial charge in [-0.1, -0.05) is 0 Å². The fourth-order valence-electron chi connectivity index (χ4n) is 1.90. The molecule has 0 aromatic carbocycles. The zero-order valence-corrected chi connectivity index (χ0v) is 10.2. The highest BCUT2D eigenvalue weighted by Gasteiger charge is 2.16. The van der Waals surface area contributed by atoms with E-state index in [9.17, 15) is 0 Å². The molecular formula is C10H12BrN5. The van der Waals surface area contributed by atoms with Gasteiger partial charge in [0.1, 0.15) is 0 Å². The molecule has 0 aliphatic carbocycles. The van der Waals surface area contributed by atoms with Gasteiger partial charge in [0, 0.05) is 18.8 Å². The lowest BCUT2D eigenvalue weighted by Crippen LogP contribution is -2.22. The van der Waals surface area contributed by atoms with E-state index >= 15 is 0 Å². The average molecular weight is 282 g/mol. The highest BCUT2D eigenvalue weighted by molar-refractivity contribution is 9.10. The maximum atomic E-state index is 4.44. The molecule has 1 atom stereocenters. The van der Waals surface area contributed by atoms with Crippen LogP contribution in [0.2, 0.25) is 0 Å². The number of hydrogen-bond acceptors (Lipinski definition) is 4. The molecule has 1 unspecified atom stereocenters. The van der Waals surface area contributed by atoms with E-state index in [2.05, 4.69) is 36.6 Å². The minimum absolute atomic E-state index is 0.441. The number of aromatic nitrogens is 3. The summed E-state index contributed by atoms with van der Waals surface area (Å²) in [4.78, 5) is 4.44. The number of hydrogen-bond donors (Lipinski definition) is 2. The predicted molar refractivity (Wildman–Crippen MR) is 65.6 cm³/mol. The van der Waals surface area contributed by atoms with Crippen LogP contribution in [0.1, 0.15) is 6.42 Å². The first-order chi connectivity index (χ1) is 7.83. The average Bonchev–Trinajstić information content (AvgIpc) is 2.88. The van der Waals surface area contributed by atoms with Crippen LogP contribution in [0.25, 0.3) is 5.65 Å². The van der Waals surface area contributed by atoms with Crippen molar-refractivity contribution in [1.29, 1.82) is 0 Å². The van der Waals surface area contributed by atoms with Crippen molar-refractivity contribution >= 4 is 27.5 Å². The molecular weight excluding hydrogens is 270 g/mol. The lowest BCUT2D eigenvalue weighted by atomic mass is 10.3. The molecule has 3 heterocycles. The largest absolute Gasteiger partial charge is 0.349 e. The maximum absolute atomic E-state index is 4.44. The second-order valence-electron chi connectivity index (χ2n) is 3.89. The van der Waals surface area contributed by atoms with E-state index < -0.39 is 0 Å². The van der Waals surface area contributed by atoms with Crippen LogP contribution in [0, 0.1) is 0 Å². The normalized spacial score (nSPS) is 20.4. The molecule has 6 heteroatoms. The number of halogens is 1. The molecule has 0 bridgehead atoms. The van der Waals surface area contributed by atoms with Crippen molar-refractivity contribution in [3.8, 4) is 0 Å². The molecule has 2 aromatic heterocycles. The van der Waals surface area contributed by atoms with Gasteiger partial charge in [0.25, 0.3) is 0 Å². The van der Waals surface area contributed by atoms with Crippen LogP contribution in [0.4, 0.5) is 5.95 Å². The maximum Gasteiger partial charge on any atom is 0.243 e. The second kappa shape index (κ2) is 4.03. The molecule has 0 spiro atoms. The van der Waals surface area contributed by atoms with Crippen molar-refractivity contribution in [2.45, 2.75) is 12.5 Å². The van der Waals surface area contributed by atoms with E-state index in [1.165, 1.54) is 0 Å². The molecule has 5 nitrogen and oxygen atoms in total. The summed E-state index contributed by atoms with van der Waals surface area (Å²) in [5.74, 6) is 0.695. The van der Waals surface area contributed by atoms with Gasteiger partial charge in [-0.05, 0) is 41.0 Å². The van der Waals surface area contributed by atoms with Crippen molar-refractivity contribution in [2.75, 3.05) is 18.4 Å². The van der Waals surface area contributed by atoms with Crippen LogP contribution in [-0.2, 0) is 0 Å². The van der Waals surface area contributed by atoms with Gasteiger partial charge in [-0.2, -0.15) is 4.98 Å². The Morgan fingerprint density at radius 3 is 3.25 bits per heavy atom. The molecule has 2 N–H and O–H groups in total. The molecule has 0 saturated carbocycles. The fourth-order valence-corrected chi connectivity index (χ4v) is 2.32. The van der Waals surface area contributed by atoms with Crippen LogP contribution in [-0.4, -0.2) is 33.7 Å². The van der Waals surface area contributed by atoms with E-state index in [0.29, 0.717) is 12.0 Å². The van der Waals surface area contributed by atoms with Crippen molar-refractivity contribution < 1.29 is 0 Å². The monoisotopic (exact) mass is 281 g/mol. The smallest absolute Gasteiger partial charge is 0.243 e. The third-order valence-electron chi connectivity index (χ3n) is 2.71. The Labute approximate surface area is 101 Å². The first-order valence-electron chi connectivity index (χ1n) is 5.31. The Balaban J connectivity index is 1.90. The number of fused-ring (bicyclic) bond motifs is 1. The van der Waals surface area contributed by atoms with E-state index in [1.54, 1.807) is 4.52 Å². The summed E-state index contributed by atoms with van der Waals surface area (Å²) in [7, 11) is 0. The Morgan fingerprint density at radius 2 is 2.50 bits per heavy atom. The van der Waals surface area contributed by atoms with Crippen LogP contribution < -0.4 is 10.6 Å². The number of pyridine rings is 1. The van der Waals surface area contributed by atoms with Gasteiger partial charge in [-0.3, -0.25) is 0 Å². The molecule has 2 aromatic rings. The Kier molecular flexibility index (Phi) is 2.53. The third-order valence-corrected chi connectivity index (χ3v) is 3.33. The quantitative estimate of drug-likeness (QED) is 0.871. The molecule has 16 heavy (non-hydrogen) atoms. The minimum atomic E-state index is 0.441. The first kappa shape index (κ1) is 10.0. The van der Waals surface area contributed by atoms with Crippen LogP contribution >= 0.6 is 15.9 Å². The first-order valence-corrected chi connectivity index (χ1v) is 6.10. The molecule has 1 aliphatic rings. The number of nitrogens with zero attached hydrogens (tertiary/aromatic N) is 3. The van der Waals surface area contributed by atoms with Crippen LogP contribution in [0.5, 0.6) is 0 Å². The Morgan fingerprint density at radius 1 is 1.56 bits per heavy atom. The van der Waals surface area contributed by atoms with Crippen molar-refractivity contribution in [3.63, 3.8) is 0 Å². The van der Waals surface area contributed by atoms with Crippen molar-refractivity contribution in [1.82, 2.24) is 19.9 Å². The van der Waals surface area contributed by atoms with Crippen LogP contribution in [0.15, 0.2) is 22.8 Å². The van der Waals surface area contributed by atoms with Crippen molar-refractivity contribution in [3.05, 3.63) is 22.8 Å². The molecule has 0 amide bonds. The minimum Gasteiger partial charge on any atom is -0.349 e. The van der Waals surface area contributed by atoms with Gasteiger partial charge in [-0.25, -0.2) is 4.52 Å². The summed E-state index contributed by atoms with van der Waals surface area (Å²) in [6.07, 6.45) is 3.02. The molecule has 84 valence electrons. The summed E-state index contributed by atoms with van der Waals surface area (Å²) in [5.41, 5.74) is 0.843. The van der Waals surface area contributed by atoms with Crippen LogP contribution in [0.3, 0.4) is 0 Å². The van der Waals surface area contributed by atoms with Gasteiger partial charge < -0.3 is 10.6 Å². The lowest BCUT2D eigenvalue weighted by Gasteiger charge is -2.07. The Bertz CT molecular complexity index is 503. The highest BCUT2D eigenvalue weighted by Crippen LogP contribution is 2.17. The summed E-state index contributed by atoms with van der Waals surface area (Å²) in [6, 6.07) is 4.34. The zero-order valence-electron chi connectivity index (χ0n) is 8.65. The molecule has 0 radical (unpaired) electrons. The van der Waals surface area contributed by atoms with E-state index in [1.807, 2.05) is 18.3 Å². The summed E-state index contributed by atoms with van der Waals surface area (Å²) >= 11 is 3.46. The van der Waals surface area contributed by atoms with E-state index in [-0.39, 0.29) is 0 Å². The molecule has 3 rings (SSSR count). The molecule has 1 fully saturated rings. The third kappa shape index (κ3) is 1.78. The molecule has 1 aliphatic heterocycles. The van der Waals surface area contributed by atoms with Gasteiger partial charge in [-0.15, -0.1) is 5.10 Å². The standard InChI is InChI=1S/C10H12BrN5/c11-8-2-1-5-16-9(8)14-10(15-16)13-7-3-4-12-6-7/h1-2,5,7,12H,3-4,6H2,(H,13,15). The second-order valence-corrected chi connectivity index (χ2v) is 4.75. The number of anilines is 1. The predicted octanol–water partition coefficient (Wildman–Crippen LogP) is 1.27.